The number of aromatic nitrogens is 3. The van der Waals surface area contributed by atoms with E-state index in [1.165, 1.54) is 0 Å². The second-order valence-electron chi connectivity index (χ2n) is 6.03. The number of carbonyl (C=O) groups excluding carboxylic acids is 1. The smallest absolute Gasteiger partial charge is 0.357 e. The fourth-order valence-electron chi connectivity index (χ4n) is 3.01. The van der Waals surface area contributed by atoms with Gasteiger partial charge >= 0.3 is 5.97 Å². The molecular weight excluding hydrogens is 332 g/mol. The molecule has 0 saturated carbocycles. The van der Waals surface area contributed by atoms with Crippen LogP contribution < -0.4 is 4.90 Å². The van der Waals surface area contributed by atoms with E-state index >= 15 is 0 Å². The van der Waals surface area contributed by atoms with E-state index in [9.17, 15) is 4.79 Å². The number of H-pyrrole nitrogens is 1. The number of morpholine rings is 1. The summed E-state index contributed by atoms with van der Waals surface area (Å²) in [6.45, 7) is 4.83. The van der Waals surface area contributed by atoms with Gasteiger partial charge in [0.05, 0.1) is 19.8 Å². The summed E-state index contributed by atoms with van der Waals surface area (Å²) in [5, 5.41) is 1.11. The van der Waals surface area contributed by atoms with Crippen molar-refractivity contribution in [1.29, 1.82) is 0 Å². The number of esters is 1. The summed E-state index contributed by atoms with van der Waals surface area (Å²) in [6, 6.07) is 9.66. The van der Waals surface area contributed by atoms with Crippen LogP contribution in [0.5, 0.6) is 0 Å². The predicted molar refractivity (Wildman–Crippen MR) is 98.3 cm³/mol. The van der Waals surface area contributed by atoms with Gasteiger partial charge in [-0.1, -0.05) is 12.1 Å². The summed E-state index contributed by atoms with van der Waals surface area (Å²) < 4.78 is 10.6. The zero-order chi connectivity index (χ0) is 17.9. The van der Waals surface area contributed by atoms with E-state index < -0.39 is 5.97 Å². The highest BCUT2D eigenvalue weighted by Crippen LogP contribution is 2.24. The van der Waals surface area contributed by atoms with Gasteiger partial charge in [-0.05, 0) is 24.4 Å². The van der Waals surface area contributed by atoms with E-state index in [2.05, 4.69) is 14.9 Å². The van der Waals surface area contributed by atoms with Crippen molar-refractivity contribution in [1.82, 2.24) is 15.0 Å². The van der Waals surface area contributed by atoms with Gasteiger partial charge in [0.1, 0.15) is 5.82 Å². The fourth-order valence-corrected chi connectivity index (χ4v) is 3.01. The van der Waals surface area contributed by atoms with Crippen molar-refractivity contribution in [3.8, 4) is 11.4 Å². The topological polar surface area (TPSA) is 80.3 Å². The van der Waals surface area contributed by atoms with Gasteiger partial charge in [0.2, 0.25) is 0 Å². The van der Waals surface area contributed by atoms with Crippen molar-refractivity contribution in [2.24, 2.45) is 0 Å². The van der Waals surface area contributed by atoms with Crippen molar-refractivity contribution >= 4 is 22.7 Å². The first-order valence-electron chi connectivity index (χ1n) is 8.71. The molecular formula is C19H20N4O3. The van der Waals surface area contributed by atoms with Crippen LogP contribution in [0.15, 0.2) is 36.5 Å². The zero-order valence-electron chi connectivity index (χ0n) is 14.6. The molecule has 3 heterocycles. The van der Waals surface area contributed by atoms with E-state index in [1.54, 1.807) is 13.0 Å². The Bertz CT molecular complexity index is 931. The minimum Gasteiger partial charge on any atom is -0.461 e. The van der Waals surface area contributed by atoms with Gasteiger partial charge in [-0.2, -0.15) is 0 Å². The number of anilines is 1. The standard InChI is InChI=1S/C19H20N4O3/c1-2-26-19(24)16-12-17(23-7-9-25-10-8-23)22-18(21-16)14-4-3-13-5-6-20-15(13)11-14/h3-6,11-12,20H,2,7-10H2,1H3. The lowest BCUT2D eigenvalue weighted by Gasteiger charge is -2.28. The number of nitrogens with zero attached hydrogens (tertiary/aromatic N) is 3. The van der Waals surface area contributed by atoms with Crippen LogP contribution >= 0.6 is 0 Å². The third kappa shape index (κ3) is 3.25. The number of rotatable bonds is 4. The molecule has 4 rings (SSSR count). The normalized spacial score (nSPS) is 14.6. The molecule has 0 spiro atoms. The third-order valence-electron chi connectivity index (χ3n) is 4.35. The summed E-state index contributed by atoms with van der Waals surface area (Å²) in [5.41, 5.74) is 2.12. The molecule has 1 N–H and O–H groups in total. The highest BCUT2D eigenvalue weighted by Gasteiger charge is 2.19. The molecule has 7 nitrogen and oxygen atoms in total. The maximum Gasteiger partial charge on any atom is 0.357 e. The number of hydrogen-bond acceptors (Lipinski definition) is 6. The molecule has 7 heteroatoms. The van der Waals surface area contributed by atoms with Crippen LogP contribution in [0.1, 0.15) is 17.4 Å². The predicted octanol–water partition coefficient (Wildman–Crippen LogP) is 2.64. The average molecular weight is 352 g/mol. The van der Waals surface area contributed by atoms with Crippen molar-refractivity contribution in [2.75, 3.05) is 37.8 Å². The molecule has 1 fully saturated rings. The first-order chi connectivity index (χ1) is 12.7. The summed E-state index contributed by atoms with van der Waals surface area (Å²) >= 11 is 0. The molecule has 26 heavy (non-hydrogen) atoms. The maximum atomic E-state index is 12.3. The van der Waals surface area contributed by atoms with Gasteiger partial charge in [-0.25, -0.2) is 14.8 Å². The van der Waals surface area contributed by atoms with Crippen molar-refractivity contribution in [3.63, 3.8) is 0 Å². The van der Waals surface area contributed by atoms with E-state index in [4.69, 9.17) is 14.5 Å². The fraction of sp³-hybridized carbons (Fsp3) is 0.316. The van der Waals surface area contributed by atoms with Gasteiger partial charge in [0, 0.05) is 36.4 Å². The molecule has 3 aromatic rings. The Morgan fingerprint density at radius 3 is 2.88 bits per heavy atom. The van der Waals surface area contributed by atoms with Gasteiger partial charge in [0.15, 0.2) is 11.5 Å². The van der Waals surface area contributed by atoms with Gasteiger partial charge in [-0.3, -0.25) is 0 Å². The number of carbonyl (C=O) groups is 1. The number of ether oxygens (including phenoxy) is 2. The van der Waals surface area contributed by atoms with E-state index in [1.807, 2.05) is 30.5 Å². The monoisotopic (exact) mass is 352 g/mol. The number of fused-ring (bicyclic) bond motifs is 1. The van der Waals surface area contributed by atoms with Crippen LogP contribution in [0.25, 0.3) is 22.3 Å². The van der Waals surface area contributed by atoms with Gasteiger partial charge < -0.3 is 19.4 Å². The molecule has 1 saturated heterocycles. The highest BCUT2D eigenvalue weighted by atomic mass is 16.5. The SMILES string of the molecule is CCOC(=O)c1cc(N2CCOCC2)nc(-c2ccc3cc[nH]c3c2)n1. The molecule has 0 aliphatic carbocycles. The van der Waals surface area contributed by atoms with Crippen molar-refractivity contribution in [2.45, 2.75) is 6.92 Å². The molecule has 0 amide bonds. The van der Waals surface area contributed by atoms with E-state index in [0.717, 1.165) is 29.6 Å². The van der Waals surface area contributed by atoms with Crippen LogP contribution in [-0.4, -0.2) is 53.8 Å². The summed E-state index contributed by atoms with van der Waals surface area (Å²) in [7, 11) is 0. The van der Waals surface area contributed by atoms with Crippen LogP contribution in [0, 0.1) is 0 Å². The quantitative estimate of drug-likeness (QED) is 0.727. The lowest BCUT2D eigenvalue weighted by Crippen LogP contribution is -2.37. The lowest BCUT2D eigenvalue weighted by atomic mass is 10.1. The van der Waals surface area contributed by atoms with Crippen molar-refractivity contribution < 1.29 is 14.3 Å². The lowest BCUT2D eigenvalue weighted by molar-refractivity contribution is 0.0519. The van der Waals surface area contributed by atoms with Crippen LogP contribution in [0.2, 0.25) is 0 Å². The minimum absolute atomic E-state index is 0.268. The number of hydrogen-bond donors (Lipinski definition) is 1. The second-order valence-corrected chi connectivity index (χ2v) is 6.03. The third-order valence-corrected chi connectivity index (χ3v) is 4.35. The molecule has 134 valence electrons. The van der Waals surface area contributed by atoms with E-state index in [-0.39, 0.29) is 5.69 Å². The molecule has 2 aromatic heterocycles. The average Bonchev–Trinajstić information content (AvgIpc) is 3.16. The largest absolute Gasteiger partial charge is 0.461 e. The van der Waals surface area contributed by atoms with Gasteiger partial charge in [0.25, 0.3) is 0 Å². The zero-order valence-corrected chi connectivity index (χ0v) is 14.6. The van der Waals surface area contributed by atoms with Crippen LogP contribution in [0.4, 0.5) is 5.82 Å². The van der Waals surface area contributed by atoms with E-state index in [0.29, 0.717) is 31.5 Å². The van der Waals surface area contributed by atoms with Crippen molar-refractivity contribution in [3.05, 3.63) is 42.2 Å². The second kappa shape index (κ2) is 7.13. The Morgan fingerprint density at radius 1 is 1.23 bits per heavy atom. The Hall–Kier alpha value is -2.93. The molecule has 0 radical (unpaired) electrons. The Labute approximate surface area is 151 Å². The summed E-state index contributed by atoms with van der Waals surface area (Å²) in [6.07, 6.45) is 1.89. The van der Waals surface area contributed by atoms with Gasteiger partial charge in [-0.15, -0.1) is 0 Å². The van der Waals surface area contributed by atoms with Crippen LogP contribution in [0.3, 0.4) is 0 Å². The first-order valence-corrected chi connectivity index (χ1v) is 8.71. The molecule has 0 bridgehead atoms. The summed E-state index contributed by atoms with van der Waals surface area (Å²) in [4.78, 5) is 26.7. The number of nitrogens with one attached hydrogen (secondary N) is 1. The minimum atomic E-state index is -0.438. The highest BCUT2D eigenvalue weighted by molar-refractivity contribution is 5.89. The molecule has 1 aliphatic heterocycles. The molecule has 0 atom stereocenters. The molecule has 0 unspecified atom stereocenters. The molecule has 1 aromatic carbocycles. The Balaban J connectivity index is 1.78. The maximum absolute atomic E-state index is 12.3. The molecule has 1 aliphatic rings. The van der Waals surface area contributed by atoms with Crippen LogP contribution in [-0.2, 0) is 9.47 Å². The Morgan fingerprint density at radius 2 is 2.08 bits per heavy atom. The first kappa shape index (κ1) is 16.5. The Kier molecular flexibility index (Phi) is 4.53. The number of aromatic amines is 1. The summed E-state index contributed by atoms with van der Waals surface area (Å²) in [5.74, 6) is 0.785. The number of benzene rings is 1.